The Hall–Kier alpha value is -2.39. The zero-order chi connectivity index (χ0) is 15.1. The number of nitrogens with zero attached hydrogens (tertiary/aromatic N) is 1. The number of hydrogen-bond donors (Lipinski definition) is 5. The monoisotopic (exact) mass is 285 g/mol. The van der Waals surface area contributed by atoms with Gasteiger partial charge in [-0.05, 0) is 6.07 Å². The second-order valence-electron chi connectivity index (χ2n) is 3.78. The Balaban J connectivity index is 3.27. The molecule has 110 valence electrons. The van der Waals surface area contributed by atoms with Crippen LogP contribution in [0.5, 0.6) is 0 Å². The molecule has 9 nitrogen and oxygen atoms in total. The maximum atomic E-state index is 11.1. The minimum Gasteiger partial charge on any atom is -0.478 e. The number of aliphatic hydroxyl groups excluding tert-OH is 2. The van der Waals surface area contributed by atoms with Crippen molar-refractivity contribution in [1.29, 1.82) is 0 Å². The van der Waals surface area contributed by atoms with Crippen LogP contribution in [0.25, 0.3) is 0 Å². The molecule has 5 N–H and O–H groups in total. The number of aliphatic hydroxyl groups is 2. The van der Waals surface area contributed by atoms with Crippen molar-refractivity contribution in [3.63, 3.8) is 0 Å². The first-order chi connectivity index (χ1) is 9.51. The first-order valence-electron chi connectivity index (χ1n) is 5.76. The molecule has 0 aliphatic rings. The first-order valence-corrected chi connectivity index (χ1v) is 5.76. The molecule has 0 heterocycles. The van der Waals surface area contributed by atoms with E-state index < -0.39 is 16.6 Å². The molecule has 0 amide bonds. The van der Waals surface area contributed by atoms with Crippen LogP contribution in [0.1, 0.15) is 10.4 Å². The van der Waals surface area contributed by atoms with E-state index in [1.807, 2.05) is 0 Å². The highest BCUT2D eigenvalue weighted by Gasteiger charge is 2.21. The molecule has 1 aromatic rings. The van der Waals surface area contributed by atoms with E-state index in [1.54, 1.807) is 0 Å². The zero-order valence-electron chi connectivity index (χ0n) is 10.5. The number of benzene rings is 1. The Morgan fingerprint density at radius 1 is 1.15 bits per heavy atom. The Kier molecular flexibility index (Phi) is 5.69. The summed E-state index contributed by atoms with van der Waals surface area (Å²) in [4.78, 5) is 21.3. The van der Waals surface area contributed by atoms with Crippen molar-refractivity contribution in [3.05, 3.63) is 27.8 Å². The van der Waals surface area contributed by atoms with Gasteiger partial charge in [0, 0.05) is 19.2 Å². The summed E-state index contributed by atoms with van der Waals surface area (Å²) < 4.78 is 0. The fourth-order valence-electron chi connectivity index (χ4n) is 1.59. The highest BCUT2D eigenvalue weighted by atomic mass is 16.6. The standard InChI is InChI=1S/C11H15N3O6/c15-3-1-12-8-6-9(13-2-4-16)10(14(19)20)5-7(8)11(17)18/h5-6,12-13,15-16H,1-4H2,(H,17,18). The van der Waals surface area contributed by atoms with Gasteiger partial charge in [0.1, 0.15) is 5.69 Å². The molecule has 0 aliphatic heterocycles. The van der Waals surface area contributed by atoms with Gasteiger partial charge in [-0.15, -0.1) is 0 Å². The van der Waals surface area contributed by atoms with Crippen molar-refractivity contribution in [2.45, 2.75) is 0 Å². The van der Waals surface area contributed by atoms with Gasteiger partial charge in [-0.25, -0.2) is 4.79 Å². The second kappa shape index (κ2) is 7.26. The van der Waals surface area contributed by atoms with Crippen LogP contribution in [0.15, 0.2) is 12.1 Å². The second-order valence-corrected chi connectivity index (χ2v) is 3.78. The van der Waals surface area contributed by atoms with Crippen molar-refractivity contribution in [2.75, 3.05) is 36.9 Å². The van der Waals surface area contributed by atoms with Gasteiger partial charge in [0.15, 0.2) is 0 Å². The molecule has 0 aromatic heterocycles. The summed E-state index contributed by atoms with van der Waals surface area (Å²) in [7, 11) is 0. The Morgan fingerprint density at radius 3 is 2.15 bits per heavy atom. The largest absolute Gasteiger partial charge is 0.478 e. The van der Waals surface area contributed by atoms with Crippen molar-refractivity contribution in [1.82, 2.24) is 0 Å². The topological polar surface area (TPSA) is 145 Å². The molecule has 0 unspecified atom stereocenters. The molecule has 1 rings (SSSR count). The van der Waals surface area contributed by atoms with E-state index in [4.69, 9.17) is 15.3 Å². The minimum atomic E-state index is -1.32. The van der Waals surface area contributed by atoms with E-state index in [0.29, 0.717) is 0 Å². The fraction of sp³-hybridized carbons (Fsp3) is 0.364. The van der Waals surface area contributed by atoms with E-state index >= 15 is 0 Å². The lowest BCUT2D eigenvalue weighted by atomic mass is 10.1. The van der Waals surface area contributed by atoms with Crippen LogP contribution in [0.4, 0.5) is 17.1 Å². The van der Waals surface area contributed by atoms with Crippen molar-refractivity contribution in [2.24, 2.45) is 0 Å². The van der Waals surface area contributed by atoms with E-state index in [-0.39, 0.29) is 43.2 Å². The number of hydrogen-bond acceptors (Lipinski definition) is 7. The number of carboxylic acid groups (broad SMARTS) is 1. The number of anilines is 2. The van der Waals surface area contributed by atoms with Gasteiger partial charge in [0.25, 0.3) is 5.69 Å². The lowest BCUT2D eigenvalue weighted by Crippen LogP contribution is -2.13. The predicted octanol–water partition coefficient (Wildman–Crippen LogP) is 0.101. The van der Waals surface area contributed by atoms with Crippen LogP contribution in [0.2, 0.25) is 0 Å². The van der Waals surface area contributed by atoms with E-state index in [1.165, 1.54) is 6.07 Å². The number of aromatic carboxylic acids is 1. The average molecular weight is 285 g/mol. The summed E-state index contributed by atoms with van der Waals surface area (Å²) in [6, 6.07) is 2.20. The smallest absolute Gasteiger partial charge is 0.338 e. The van der Waals surface area contributed by atoms with Crippen molar-refractivity contribution < 1.29 is 25.0 Å². The van der Waals surface area contributed by atoms with Gasteiger partial charge in [-0.2, -0.15) is 0 Å². The van der Waals surface area contributed by atoms with Crippen LogP contribution >= 0.6 is 0 Å². The number of nitro groups is 1. The molecule has 0 bridgehead atoms. The quantitative estimate of drug-likeness (QED) is 0.334. The number of nitrogens with one attached hydrogen (secondary N) is 2. The molecule has 0 aliphatic carbocycles. The van der Waals surface area contributed by atoms with Crippen LogP contribution < -0.4 is 10.6 Å². The molecule has 0 saturated heterocycles. The Labute approximate surface area is 114 Å². The summed E-state index contributed by atoms with van der Waals surface area (Å²) in [6.07, 6.45) is 0. The van der Waals surface area contributed by atoms with Gasteiger partial charge >= 0.3 is 5.97 Å². The average Bonchev–Trinajstić information content (AvgIpc) is 2.41. The summed E-state index contributed by atoms with van der Waals surface area (Å²) in [5.41, 5.74) is -0.419. The number of nitro benzene ring substituents is 1. The normalized spacial score (nSPS) is 10.1. The third kappa shape index (κ3) is 3.80. The third-order valence-electron chi connectivity index (χ3n) is 2.42. The number of carboxylic acids is 1. The molecule has 9 heteroatoms. The molecule has 1 aromatic carbocycles. The molecule has 0 spiro atoms. The summed E-state index contributed by atoms with van der Waals surface area (Å²) in [5, 5.41) is 42.8. The van der Waals surface area contributed by atoms with Gasteiger partial charge in [0.05, 0.1) is 29.4 Å². The van der Waals surface area contributed by atoms with E-state index in [9.17, 15) is 14.9 Å². The summed E-state index contributed by atoms with van der Waals surface area (Å²) >= 11 is 0. The minimum absolute atomic E-state index is 0.0900. The van der Waals surface area contributed by atoms with Crippen LogP contribution in [-0.2, 0) is 0 Å². The molecule has 0 radical (unpaired) electrons. The lowest BCUT2D eigenvalue weighted by Gasteiger charge is -2.12. The SMILES string of the molecule is O=C(O)c1cc([N+](=O)[O-])c(NCCO)cc1NCCO. The van der Waals surface area contributed by atoms with Gasteiger partial charge in [-0.1, -0.05) is 0 Å². The number of rotatable bonds is 8. The highest BCUT2D eigenvalue weighted by Crippen LogP contribution is 2.31. The van der Waals surface area contributed by atoms with Crippen LogP contribution in [0, 0.1) is 10.1 Å². The van der Waals surface area contributed by atoms with E-state index in [2.05, 4.69) is 10.6 Å². The van der Waals surface area contributed by atoms with E-state index in [0.717, 1.165) is 6.07 Å². The van der Waals surface area contributed by atoms with Gasteiger partial charge in [-0.3, -0.25) is 10.1 Å². The predicted molar refractivity (Wildman–Crippen MR) is 71.2 cm³/mol. The first kappa shape index (κ1) is 15.7. The highest BCUT2D eigenvalue weighted by molar-refractivity contribution is 5.97. The van der Waals surface area contributed by atoms with Gasteiger partial charge in [0.2, 0.25) is 0 Å². The molecule has 20 heavy (non-hydrogen) atoms. The lowest BCUT2D eigenvalue weighted by molar-refractivity contribution is -0.384. The Morgan fingerprint density at radius 2 is 1.70 bits per heavy atom. The molecular formula is C11H15N3O6. The summed E-state index contributed by atoms with van der Waals surface area (Å²) in [5.74, 6) is -1.32. The maximum Gasteiger partial charge on any atom is 0.338 e. The summed E-state index contributed by atoms with van der Waals surface area (Å²) in [6.45, 7) is -0.239. The third-order valence-corrected chi connectivity index (χ3v) is 2.42. The van der Waals surface area contributed by atoms with Gasteiger partial charge < -0.3 is 26.0 Å². The Bertz CT molecular complexity index is 464. The van der Waals surface area contributed by atoms with Crippen LogP contribution in [-0.4, -0.2) is 52.5 Å². The fourth-order valence-corrected chi connectivity index (χ4v) is 1.59. The molecule has 0 atom stereocenters. The molecule has 0 saturated carbocycles. The van der Waals surface area contributed by atoms with Crippen molar-refractivity contribution >= 4 is 23.0 Å². The molecule has 0 fully saturated rings. The van der Waals surface area contributed by atoms with Crippen molar-refractivity contribution in [3.8, 4) is 0 Å². The molecular weight excluding hydrogens is 270 g/mol. The van der Waals surface area contributed by atoms with Crippen LogP contribution in [0.3, 0.4) is 0 Å². The zero-order valence-corrected chi connectivity index (χ0v) is 10.5. The number of carbonyl (C=O) groups is 1. The maximum absolute atomic E-state index is 11.1.